The highest BCUT2D eigenvalue weighted by Gasteiger charge is 2.56. The average molecular weight is 580 g/mol. The number of halogens is 3. The molecule has 192 valence electrons. The van der Waals surface area contributed by atoms with Gasteiger partial charge >= 0.3 is 6.09 Å². The molecule has 1 aliphatic carbocycles. The third-order valence-electron chi connectivity index (χ3n) is 7.71. The largest absolute Gasteiger partial charge is 0.444 e. The molecular formula is C25H29BrClFN6O2. The van der Waals surface area contributed by atoms with E-state index in [4.69, 9.17) is 26.3 Å². The number of nitrogens with zero attached hydrogens (tertiary/aromatic N) is 6. The third kappa shape index (κ3) is 3.59. The van der Waals surface area contributed by atoms with E-state index in [9.17, 15) is 4.79 Å². The van der Waals surface area contributed by atoms with Crippen LogP contribution >= 0.6 is 27.5 Å². The summed E-state index contributed by atoms with van der Waals surface area (Å²) in [6.45, 7) is 7.85. The van der Waals surface area contributed by atoms with E-state index in [0.29, 0.717) is 23.8 Å². The number of likely N-dealkylation sites (N-methyl/N-ethyl adjacent to an activating group) is 1. The van der Waals surface area contributed by atoms with Crippen LogP contribution in [0.15, 0.2) is 16.9 Å². The van der Waals surface area contributed by atoms with Crippen molar-refractivity contribution in [2.45, 2.75) is 50.9 Å². The predicted octanol–water partition coefficient (Wildman–Crippen LogP) is 5.07. The fourth-order valence-corrected chi connectivity index (χ4v) is 6.25. The van der Waals surface area contributed by atoms with Crippen molar-refractivity contribution in [3.63, 3.8) is 0 Å². The molecule has 11 heteroatoms. The average Bonchev–Trinajstić information content (AvgIpc) is 3.44. The van der Waals surface area contributed by atoms with Crippen molar-refractivity contribution in [3.05, 3.63) is 27.7 Å². The predicted molar refractivity (Wildman–Crippen MR) is 141 cm³/mol. The molecule has 4 fully saturated rings. The minimum Gasteiger partial charge on any atom is -0.444 e. The van der Waals surface area contributed by atoms with Gasteiger partial charge < -0.3 is 24.0 Å². The number of hydrogen-bond donors (Lipinski definition) is 0. The van der Waals surface area contributed by atoms with Crippen LogP contribution in [0.2, 0.25) is 5.02 Å². The minimum atomic E-state index is -0.554. The maximum absolute atomic E-state index is 15.5. The number of fused-ring (bicyclic) bond motifs is 4. The Kier molecular flexibility index (Phi) is 5.48. The number of rotatable bonds is 3. The molecule has 4 aliphatic rings. The van der Waals surface area contributed by atoms with Crippen molar-refractivity contribution in [1.29, 1.82) is 0 Å². The van der Waals surface area contributed by atoms with Crippen molar-refractivity contribution in [2.24, 2.45) is 5.92 Å². The molecule has 0 spiro atoms. The number of amides is 1. The van der Waals surface area contributed by atoms with Gasteiger partial charge in [0.05, 0.1) is 33.4 Å². The highest BCUT2D eigenvalue weighted by Crippen LogP contribution is 2.52. The van der Waals surface area contributed by atoms with E-state index in [2.05, 4.69) is 44.4 Å². The van der Waals surface area contributed by atoms with Crippen molar-refractivity contribution in [1.82, 2.24) is 24.3 Å². The zero-order chi connectivity index (χ0) is 25.7. The molecule has 1 saturated carbocycles. The lowest BCUT2D eigenvalue weighted by Crippen LogP contribution is -2.57. The van der Waals surface area contributed by atoms with Gasteiger partial charge in [0.2, 0.25) is 0 Å². The van der Waals surface area contributed by atoms with Crippen LogP contribution in [0.4, 0.5) is 15.0 Å². The first-order chi connectivity index (χ1) is 16.9. The molecule has 36 heavy (non-hydrogen) atoms. The van der Waals surface area contributed by atoms with Crippen LogP contribution in [0, 0.1) is 11.7 Å². The Bertz CT molecular complexity index is 1400. The monoisotopic (exact) mass is 578 g/mol. The van der Waals surface area contributed by atoms with E-state index in [1.54, 1.807) is 6.07 Å². The number of imidazole rings is 1. The molecule has 2 bridgehead atoms. The Morgan fingerprint density at radius 2 is 1.97 bits per heavy atom. The summed E-state index contributed by atoms with van der Waals surface area (Å²) in [6, 6.07) is 2.21. The number of benzene rings is 1. The molecule has 2 aromatic heterocycles. The topological polar surface area (TPSA) is 66.7 Å². The standard InChI is InChI=1S/C25H29BrClFN6O2/c1-25(2,3)36-24(35)33-8-12-6-16(33)21(12)34-11-29-20-22(34)14-7-15(27)17(26)18(28)19(14)30-23(20)32-9-13(10-32)31(4)5/h7,11-13,16,21H,6,8-10H2,1-5H3/t12-,16-,21+/m1/s1. The number of carbonyl (C=O) groups is 1. The first kappa shape index (κ1) is 24.2. The van der Waals surface area contributed by atoms with E-state index in [0.717, 1.165) is 30.5 Å². The van der Waals surface area contributed by atoms with Gasteiger partial charge in [0.25, 0.3) is 0 Å². The zero-order valence-corrected chi connectivity index (χ0v) is 23.3. The lowest BCUT2D eigenvalue weighted by molar-refractivity contribution is 0.0210. The van der Waals surface area contributed by atoms with Crippen LogP contribution in [0.1, 0.15) is 33.2 Å². The first-order valence-electron chi connectivity index (χ1n) is 12.2. The maximum atomic E-state index is 15.5. The van der Waals surface area contributed by atoms with E-state index in [-0.39, 0.29) is 39.1 Å². The van der Waals surface area contributed by atoms with Crippen molar-refractivity contribution in [2.75, 3.05) is 38.6 Å². The van der Waals surface area contributed by atoms with E-state index < -0.39 is 11.4 Å². The molecule has 3 saturated heterocycles. The third-order valence-corrected chi connectivity index (χ3v) is 9.01. The van der Waals surface area contributed by atoms with Gasteiger partial charge in [-0.2, -0.15) is 0 Å². The summed E-state index contributed by atoms with van der Waals surface area (Å²) in [4.78, 5) is 28.6. The van der Waals surface area contributed by atoms with Crippen molar-refractivity contribution in [3.8, 4) is 0 Å². The second kappa shape index (κ2) is 8.16. The highest BCUT2D eigenvalue weighted by molar-refractivity contribution is 9.10. The number of ether oxygens (including phenoxy) is 1. The smallest absolute Gasteiger partial charge is 0.410 e. The molecule has 3 aromatic rings. The van der Waals surface area contributed by atoms with Crippen LogP contribution in [0.25, 0.3) is 21.9 Å². The number of carbonyl (C=O) groups excluding carboxylic acids is 1. The van der Waals surface area contributed by atoms with Crippen LogP contribution < -0.4 is 4.90 Å². The van der Waals surface area contributed by atoms with Gasteiger partial charge in [-0.05, 0) is 63.3 Å². The number of pyridine rings is 1. The van der Waals surface area contributed by atoms with E-state index >= 15 is 4.39 Å². The van der Waals surface area contributed by atoms with Crippen LogP contribution in [0.3, 0.4) is 0 Å². The first-order valence-corrected chi connectivity index (χ1v) is 13.4. The molecule has 8 nitrogen and oxygen atoms in total. The lowest BCUT2D eigenvalue weighted by atomic mass is 9.79. The second-order valence-corrected chi connectivity index (χ2v) is 12.6. The van der Waals surface area contributed by atoms with Crippen molar-refractivity contribution >= 4 is 61.4 Å². The van der Waals surface area contributed by atoms with Crippen LogP contribution in [-0.4, -0.2) is 81.8 Å². The second-order valence-electron chi connectivity index (χ2n) is 11.4. The molecule has 0 radical (unpaired) electrons. The zero-order valence-electron chi connectivity index (χ0n) is 20.9. The number of anilines is 1. The van der Waals surface area contributed by atoms with Gasteiger partial charge in [-0.25, -0.2) is 19.2 Å². The van der Waals surface area contributed by atoms with Gasteiger partial charge in [-0.15, -0.1) is 0 Å². The summed E-state index contributed by atoms with van der Waals surface area (Å²) in [5.74, 6) is 0.479. The molecule has 1 aromatic carbocycles. The Balaban J connectivity index is 1.46. The quantitative estimate of drug-likeness (QED) is 0.404. The summed E-state index contributed by atoms with van der Waals surface area (Å²) < 4.78 is 23.4. The van der Waals surface area contributed by atoms with Gasteiger partial charge in [-0.1, -0.05) is 11.6 Å². The normalized spacial score (nSPS) is 24.1. The fraction of sp³-hybridized carbons (Fsp3) is 0.560. The fourth-order valence-electron chi connectivity index (χ4n) is 5.76. The molecular weight excluding hydrogens is 551 g/mol. The lowest BCUT2D eigenvalue weighted by Gasteiger charge is -2.43. The molecule has 0 N–H and O–H groups in total. The minimum absolute atomic E-state index is 0.00631. The molecule has 0 unspecified atom stereocenters. The summed E-state index contributed by atoms with van der Waals surface area (Å²) in [5, 5.41) is 0.906. The SMILES string of the molecule is CN(C)C1CN(c2nc3c(F)c(Br)c(Cl)cc3c3c2ncn3[C@H]2[C@@H]3C[C@H]2N(C(=O)OC(C)(C)C)C3)C1. The maximum Gasteiger partial charge on any atom is 0.410 e. The molecule has 3 aliphatic heterocycles. The van der Waals surface area contributed by atoms with E-state index in [1.165, 1.54) is 0 Å². The highest BCUT2D eigenvalue weighted by atomic mass is 79.9. The van der Waals surface area contributed by atoms with Crippen LogP contribution in [0.5, 0.6) is 0 Å². The van der Waals surface area contributed by atoms with E-state index in [1.807, 2.05) is 32.0 Å². The Morgan fingerprint density at radius 3 is 2.64 bits per heavy atom. The Morgan fingerprint density at radius 1 is 1.25 bits per heavy atom. The van der Waals surface area contributed by atoms with Gasteiger partial charge in [-0.3, -0.25) is 0 Å². The molecule has 5 heterocycles. The van der Waals surface area contributed by atoms with Gasteiger partial charge in [0.1, 0.15) is 16.6 Å². The Labute approximate surface area is 222 Å². The Hall–Kier alpha value is -2.17. The molecule has 7 rings (SSSR count). The summed E-state index contributed by atoms with van der Waals surface area (Å²) in [5.41, 5.74) is 1.25. The number of hydrogen-bond acceptors (Lipinski definition) is 6. The van der Waals surface area contributed by atoms with Crippen LogP contribution in [-0.2, 0) is 4.74 Å². The molecule has 1 amide bonds. The summed E-state index contributed by atoms with van der Waals surface area (Å²) in [7, 11) is 4.11. The molecule has 3 atom stereocenters. The van der Waals surface area contributed by atoms with Crippen molar-refractivity contribution < 1.29 is 13.9 Å². The number of aromatic nitrogens is 3. The summed E-state index contributed by atoms with van der Waals surface area (Å²) >= 11 is 9.68. The van der Waals surface area contributed by atoms with Gasteiger partial charge in [0, 0.05) is 37.0 Å². The summed E-state index contributed by atoms with van der Waals surface area (Å²) in [6.07, 6.45) is 2.44. The van der Waals surface area contributed by atoms with Gasteiger partial charge in [0.15, 0.2) is 11.6 Å².